The molecule has 3 nitrogen and oxygen atoms in total. The van der Waals surface area contributed by atoms with Crippen molar-refractivity contribution in [1.29, 1.82) is 0 Å². The molecule has 0 fully saturated rings. The molecule has 0 spiro atoms. The van der Waals surface area contributed by atoms with Crippen LogP contribution in [0.3, 0.4) is 0 Å². The number of hydrogen-bond donors (Lipinski definition) is 2. The zero-order valence-electron chi connectivity index (χ0n) is 13.5. The number of aliphatic imine (C=N–C) groups is 1. The number of anilines is 2. The monoisotopic (exact) mass is 332 g/mol. The zero-order valence-corrected chi connectivity index (χ0v) is 13.5. The molecule has 4 heteroatoms. The molecule has 0 radical (unpaired) electrons. The fourth-order valence-corrected chi connectivity index (χ4v) is 3.07. The van der Waals surface area contributed by atoms with Crippen LogP contribution in [0.4, 0.5) is 21.5 Å². The number of nitrogens with one attached hydrogen (secondary N) is 1. The number of halogens is 1. The summed E-state index contributed by atoms with van der Waals surface area (Å²) in [5.41, 5.74) is 3.05. The van der Waals surface area contributed by atoms with E-state index in [1.54, 1.807) is 18.3 Å². The Morgan fingerprint density at radius 1 is 0.920 bits per heavy atom. The average Bonchev–Trinajstić information content (AvgIpc) is 2.94. The maximum Gasteiger partial charge on any atom is 0.131 e. The van der Waals surface area contributed by atoms with Crippen molar-refractivity contribution in [2.45, 2.75) is 12.0 Å². The maximum absolute atomic E-state index is 13.0. The van der Waals surface area contributed by atoms with E-state index in [-0.39, 0.29) is 5.82 Å². The number of benzene rings is 3. The first kappa shape index (κ1) is 15.5. The Morgan fingerprint density at radius 2 is 1.64 bits per heavy atom. The molecular weight excluding hydrogens is 315 g/mol. The van der Waals surface area contributed by atoms with Gasteiger partial charge in [-0.05, 0) is 48.0 Å². The second-order valence-electron chi connectivity index (χ2n) is 6.21. The average molecular weight is 332 g/mol. The Labute approximate surface area is 145 Å². The van der Waals surface area contributed by atoms with Crippen LogP contribution in [0.2, 0.25) is 0 Å². The van der Waals surface area contributed by atoms with E-state index >= 15 is 0 Å². The Kier molecular flexibility index (Phi) is 3.82. The van der Waals surface area contributed by atoms with Gasteiger partial charge >= 0.3 is 0 Å². The third kappa shape index (κ3) is 3.16. The molecule has 1 heterocycles. The van der Waals surface area contributed by atoms with Crippen molar-refractivity contribution in [1.82, 2.24) is 0 Å². The first-order valence-electron chi connectivity index (χ1n) is 8.11. The van der Waals surface area contributed by atoms with Gasteiger partial charge < -0.3 is 10.4 Å². The largest absolute Gasteiger partial charge is 0.379 e. The van der Waals surface area contributed by atoms with Crippen molar-refractivity contribution in [2.75, 3.05) is 5.32 Å². The minimum absolute atomic E-state index is 0.273. The number of rotatable bonds is 4. The number of hydrogen-bond acceptors (Lipinski definition) is 3. The molecular formula is C21H17FN2O. The minimum Gasteiger partial charge on any atom is -0.379 e. The van der Waals surface area contributed by atoms with Crippen LogP contribution in [0.15, 0.2) is 77.8 Å². The molecule has 4 rings (SSSR count). The van der Waals surface area contributed by atoms with Gasteiger partial charge in [0.1, 0.15) is 11.4 Å². The standard InChI is InChI=1S/C21H17FN2O/c22-16-6-8-17(9-7-16)24-18-10-11-20-19(12-18)21(25,14-23-20)13-15-4-2-1-3-5-15/h1-12,14,24-25H,13H2. The van der Waals surface area contributed by atoms with E-state index in [4.69, 9.17) is 0 Å². The molecule has 1 aliphatic heterocycles. The van der Waals surface area contributed by atoms with Gasteiger partial charge in [-0.25, -0.2) is 4.39 Å². The van der Waals surface area contributed by atoms with Gasteiger partial charge in [0, 0.05) is 29.6 Å². The van der Waals surface area contributed by atoms with Crippen LogP contribution in [0, 0.1) is 5.82 Å². The van der Waals surface area contributed by atoms with Crippen LogP contribution in [0.1, 0.15) is 11.1 Å². The third-order valence-corrected chi connectivity index (χ3v) is 4.33. The van der Waals surface area contributed by atoms with E-state index in [1.165, 1.54) is 12.1 Å². The van der Waals surface area contributed by atoms with E-state index in [2.05, 4.69) is 10.3 Å². The normalized spacial score (nSPS) is 18.2. The van der Waals surface area contributed by atoms with Crippen molar-refractivity contribution < 1.29 is 9.50 Å². The summed E-state index contributed by atoms with van der Waals surface area (Å²) in [5.74, 6) is -0.273. The van der Waals surface area contributed by atoms with Crippen molar-refractivity contribution in [2.24, 2.45) is 4.99 Å². The maximum atomic E-state index is 13.0. The van der Waals surface area contributed by atoms with Crippen LogP contribution in [-0.4, -0.2) is 11.3 Å². The molecule has 0 bridgehead atoms. The fraction of sp³-hybridized carbons (Fsp3) is 0.0952. The summed E-state index contributed by atoms with van der Waals surface area (Å²) in [6, 6.07) is 21.7. The molecule has 1 aliphatic rings. The molecule has 3 aromatic carbocycles. The Balaban J connectivity index is 1.62. The fourth-order valence-electron chi connectivity index (χ4n) is 3.07. The van der Waals surface area contributed by atoms with E-state index < -0.39 is 5.60 Å². The highest BCUT2D eigenvalue weighted by Gasteiger charge is 2.34. The molecule has 3 aromatic rings. The van der Waals surface area contributed by atoms with Crippen LogP contribution in [0.5, 0.6) is 0 Å². The predicted molar refractivity (Wildman–Crippen MR) is 98.3 cm³/mol. The molecule has 2 N–H and O–H groups in total. The number of nitrogens with zero attached hydrogens (tertiary/aromatic N) is 1. The second-order valence-corrected chi connectivity index (χ2v) is 6.21. The van der Waals surface area contributed by atoms with Crippen LogP contribution < -0.4 is 5.32 Å². The predicted octanol–water partition coefficient (Wildman–Crippen LogP) is 4.72. The lowest BCUT2D eigenvalue weighted by Crippen LogP contribution is -2.27. The van der Waals surface area contributed by atoms with Gasteiger partial charge in [0.2, 0.25) is 0 Å². The smallest absolute Gasteiger partial charge is 0.131 e. The van der Waals surface area contributed by atoms with E-state index in [0.29, 0.717) is 6.42 Å². The Bertz CT molecular complexity index is 922. The quantitative estimate of drug-likeness (QED) is 0.726. The molecule has 1 atom stereocenters. The van der Waals surface area contributed by atoms with Crippen molar-refractivity contribution in [3.63, 3.8) is 0 Å². The third-order valence-electron chi connectivity index (χ3n) is 4.33. The Morgan fingerprint density at radius 3 is 2.40 bits per heavy atom. The van der Waals surface area contributed by atoms with E-state index in [0.717, 1.165) is 28.2 Å². The van der Waals surface area contributed by atoms with Crippen LogP contribution in [0.25, 0.3) is 0 Å². The Hall–Kier alpha value is -2.98. The highest BCUT2D eigenvalue weighted by atomic mass is 19.1. The summed E-state index contributed by atoms with van der Waals surface area (Å²) in [7, 11) is 0. The van der Waals surface area contributed by atoms with Crippen molar-refractivity contribution in [3.05, 3.63) is 89.7 Å². The SMILES string of the molecule is OC1(Cc2ccccc2)C=Nc2ccc(Nc3ccc(F)cc3)cc21. The number of aliphatic hydroxyl groups is 1. The van der Waals surface area contributed by atoms with Gasteiger partial charge in [-0.1, -0.05) is 30.3 Å². The first-order chi connectivity index (χ1) is 12.1. The van der Waals surface area contributed by atoms with Gasteiger partial charge in [-0.2, -0.15) is 0 Å². The highest BCUT2D eigenvalue weighted by molar-refractivity contribution is 5.85. The van der Waals surface area contributed by atoms with Gasteiger partial charge in [0.25, 0.3) is 0 Å². The summed E-state index contributed by atoms with van der Waals surface area (Å²) >= 11 is 0. The second kappa shape index (κ2) is 6.15. The number of fused-ring (bicyclic) bond motifs is 1. The molecule has 0 saturated carbocycles. The lowest BCUT2D eigenvalue weighted by atomic mass is 9.89. The summed E-state index contributed by atoms with van der Waals surface area (Å²) in [6.07, 6.45) is 2.07. The molecule has 1 unspecified atom stereocenters. The molecule has 124 valence electrons. The van der Waals surface area contributed by atoms with Gasteiger partial charge in [-0.15, -0.1) is 0 Å². The molecule has 0 aliphatic carbocycles. The highest BCUT2D eigenvalue weighted by Crippen LogP contribution is 2.39. The van der Waals surface area contributed by atoms with Gasteiger partial charge in [0.05, 0.1) is 5.69 Å². The van der Waals surface area contributed by atoms with Crippen molar-refractivity contribution >= 4 is 23.3 Å². The van der Waals surface area contributed by atoms with Crippen LogP contribution >= 0.6 is 0 Å². The summed E-state index contributed by atoms with van der Waals surface area (Å²) in [6.45, 7) is 0. The minimum atomic E-state index is -1.13. The molecule has 0 aromatic heterocycles. The molecule has 0 saturated heterocycles. The molecule has 25 heavy (non-hydrogen) atoms. The lowest BCUT2D eigenvalue weighted by Gasteiger charge is -2.22. The molecule has 0 amide bonds. The zero-order chi connectivity index (χ0) is 17.3. The summed E-state index contributed by atoms with van der Waals surface area (Å²) < 4.78 is 13.0. The van der Waals surface area contributed by atoms with Crippen LogP contribution in [-0.2, 0) is 12.0 Å². The summed E-state index contributed by atoms with van der Waals surface area (Å²) in [5, 5.41) is 14.3. The topological polar surface area (TPSA) is 44.6 Å². The van der Waals surface area contributed by atoms with Crippen molar-refractivity contribution in [3.8, 4) is 0 Å². The first-order valence-corrected chi connectivity index (χ1v) is 8.11. The van der Waals surface area contributed by atoms with E-state index in [9.17, 15) is 9.50 Å². The summed E-state index contributed by atoms with van der Waals surface area (Å²) in [4.78, 5) is 4.36. The van der Waals surface area contributed by atoms with Gasteiger partial charge in [0.15, 0.2) is 0 Å². The van der Waals surface area contributed by atoms with Gasteiger partial charge in [-0.3, -0.25) is 4.99 Å². The van der Waals surface area contributed by atoms with E-state index in [1.807, 2.05) is 48.5 Å². The lowest BCUT2D eigenvalue weighted by molar-refractivity contribution is 0.121.